The van der Waals surface area contributed by atoms with Gasteiger partial charge in [-0.05, 0) is 24.1 Å². The Morgan fingerprint density at radius 3 is 2.75 bits per heavy atom. The summed E-state index contributed by atoms with van der Waals surface area (Å²) >= 11 is 0. The third kappa shape index (κ3) is 4.88. The number of benzene rings is 1. The summed E-state index contributed by atoms with van der Waals surface area (Å²) in [5.41, 5.74) is 1.41. The van der Waals surface area contributed by atoms with Crippen molar-refractivity contribution in [1.29, 1.82) is 0 Å². The van der Waals surface area contributed by atoms with Gasteiger partial charge in [0.25, 0.3) is 0 Å². The highest BCUT2D eigenvalue weighted by Gasteiger charge is 2.11. The largest absolute Gasteiger partial charge is 0.462 e. The van der Waals surface area contributed by atoms with E-state index in [9.17, 15) is 9.59 Å². The molecule has 0 atom stereocenters. The first-order valence-corrected chi connectivity index (χ1v) is 6.71. The van der Waals surface area contributed by atoms with Gasteiger partial charge >= 0.3 is 5.97 Å². The molecule has 0 aliphatic carbocycles. The number of carbonyl (C=O) groups excluding carboxylic acids is 2. The molecule has 0 saturated heterocycles. The van der Waals surface area contributed by atoms with E-state index in [1.54, 1.807) is 29.2 Å². The van der Waals surface area contributed by atoms with Crippen molar-refractivity contribution in [3.8, 4) is 0 Å². The highest BCUT2D eigenvalue weighted by atomic mass is 16.5. The number of hydrogen-bond acceptors (Lipinski definition) is 3. The van der Waals surface area contributed by atoms with Crippen molar-refractivity contribution in [1.82, 2.24) is 4.90 Å². The van der Waals surface area contributed by atoms with Crippen LogP contribution in [0.4, 0.5) is 0 Å². The van der Waals surface area contributed by atoms with E-state index in [0.717, 1.165) is 12.0 Å². The quantitative estimate of drug-likeness (QED) is 0.568. The zero-order chi connectivity index (χ0) is 15.0. The fourth-order valence-corrected chi connectivity index (χ4v) is 1.76. The summed E-state index contributed by atoms with van der Waals surface area (Å²) in [6.07, 6.45) is 2.48. The van der Waals surface area contributed by atoms with Crippen molar-refractivity contribution in [3.63, 3.8) is 0 Å². The maximum atomic E-state index is 11.8. The predicted molar refractivity (Wildman–Crippen MR) is 78.3 cm³/mol. The van der Waals surface area contributed by atoms with Crippen molar-refractivity contribution in [2.24, 2.45) is 0 Å². The van der Waals surface area contributed by atoms with Crippen molar-refractivity contribution in [3.05, 3.63) is 48.0 Å². The van der Waals surface area contributed by atoms with Gasteiger partial charge in [-0.2, -0.15) is 0 Å². The molecule has 1 aromatic carbocycles. The second-order valence-electron chi connectivity index (χ2n) is 4.52. The number of carbonyl (C=O) groups is 2. The third-order valence-electron chi connectivity index (χ3n) is 2.77. The summed E-state index contributed by atoms with van der Waals surface area (Å²) in [5.74, 6) is -0.351. The first-order valence-electron chi connectivity index (χ1n) is 6.71. The Hall–Kier alpha value is -2.10. The van der Waals surface area contributed by atoms with Crippen LogP contribution in [0.5, 0.6) is 0 Å². The number of ether oxygens (including phenoxy) is 1. The molecule has 0 aliphatic heterocycles. The molecule has 0 aromatic heterocycles. The lowest BCUT2D eigenvalue weighted by atomic mass is 10.1. The van der Waals surface area contributed by atoms with Crippen LogP contribution in [0.1, 0.15) is 36.2 Å². The lowest BCUT2D eigenvalue weighted by molar-refractivity contribution is -0.128. The lowest BCUT2D eigenvalue weighted by Gasteiger charge is -2.19. The van der Waals surface area contributed by atoms with Crippen LogP contribution in [-0.2, 0) is 16.1 Å². The normalized spacial score (nSPS) is 9.90. The number of hydrogen-bond donors (Lipinski definition) is 0. The topological polar surface area (TPSA) is 46.6 Å². The second kappa shape index (κ2) is 8.15. The van der Waals surface area contributed by atoms with Crippen LogP contribution in [0.2, 0.25) is 0 Å². The summed E-state index contributed by atoms with van der Waals surface area (Å²) in [4.78, 5) is 24.9. The summed E-state index contributed by atoms with van der Waals surface area (Å²) in [6.45, 7) is 8.46. The van der Waals surface area contributed by atoms with Gasteiger partial charge in [0.2, 0.25) is 5.91 Å². The number of nitrogens with zero attached hydrogens (tertiary/aromatic N) is 1. The average molecular weight is 275 g/mol. The molecular weight excluding hydrogens is 254 g/mol. The van der Waals surface area contributed by atoms with Crippen LogP contribution in [-0.4, -0.2) is 29.9 Å². The number of esters is 1. The summed E-state index contributed by atoms with van der Waals surface area (Å²) in [5, 5.41) is 0. The molecule has 0 saturated carbocycles. The van der Waals surface area contributed by atoms with Crippen molar-refractivity contribution in [2.75, 3.05) is 13.2 Å². The van der Waals surface area contributed by atoms with Crippen LogP contribution >= 0.6 is 0 Å². The van der Waals surface area contributed by atoms with Gasteiger partial charge < -0.3 is 9.64 Å². The summed E-state index contributed by atoms with van der Waals surface area (Å²) in [6, 6.07) is 7.16. The molecule has 1 aromatic rings. The minimum Gasteiger partial charge on any atom is -0.462 e. The molecule has 1 rings (SSSR count). The Morgan fingerprint density at radius 1 is 1.40 bits per heavy atom. The molecule has 0 aliphatic rings. The Morgan fingerprint density at radius 2 is 2.15 bits per heavy atom. The van der Waals surface area contributed by atoms with Crippen LogP contribution in [0, 0.1) is 0 Å². The molecule has 0 N–H and O–H groups in total. The van der Waals surface area contributed by atoms with Crippen LogP contribution < -0.4 is 0 Å². The SMILES string of the molecule is C=CCN(Cc1cccc(C(=O)OCCC)c1)C(C)=O. The molecule has 108 valence electrons. The first kappa shape index (κ1) is 16.0. The molecule has 20 heavy (non-hydrogen) atoms. The smallest absolute Gasteiger partial charge is 0.338 e. The van der Waals surface area contributed by atoms with Gasteiger partial charge in [-0.1, -0.05) is 25.1 Å². The Kier molecular flexibility index (Phi) is 6.50. The van der Waals surface area contributed by atoms with Gasteiger partial charge in [0.1, 0.15) is 0 Å². The van der Waals surface area contributed by atoms with Crippen LogP contribution in [0.25, 0.3) is 0 Å². The lowest BCUT2D eigenvalue weighted by Crippen LogP contribution is -2.28. The molecule has 0 heterocycles. The molecule has 0 spiro atoms. The van der Waals surface area contributed by atoms with Gasteiger partial charge in [0.15, 0.2) is 0 Å². The van der Waals surface area contributed by atoms with Gasteiger partial charge in [0.05, 0.1) is 12.2 Å². The molecule has 4 nitrogen and oxygen atoms in total. The van der Waals surface area contributed by atoms with E-state index < -0.39 is 0 Å². The molecule has 4 heteroatoms. The number of rotatable bonds is 7. The van der Waals surface area contributed by atoms with Crippen LogP contribution in [0.15, 0.2) is 36.9 Å². The highest BCUT2D eigenvalue weighted by molar-refractivity contribution is 5.89. The Bertz CT molecular complexity index is 482. The van der Waals surface area contributed by atoms with E-state index in [0.29, 0.717) is 25.3 Å². The molecule has 1 amide bonds. The van der Waals surface area contributed by atoms with E-state index in [1.807, 2.05) is 13.0 Å². The van der Waals surface area contributed by atoms with E-state index in [4.69, 9.17) is 4.74 Å². The van der Waals surface area contributed by atoms with Gasteiger partial charge in [0, 0.05) is 20.0 Å². The molecule has 0 fully saturated rings. The minimum absolute atomic E-state index is 0.0242. The highest BCUT2D eigenvalue weighted by Crippen LogP contribution is 2.10. The zero-order valence-electron chi connectivity index (χ0n) is 12.1. The van der Waals surface area contributed by atoms with E-state index in [-0.39, 0.29) is 11.9 Å². The molecule has 0 radical (unpaired) electrons. The molecule has 0 unspecified atom stereocenters. The maximum Gasteiger partial charge on any atom is 0.338 e. The van der Waals surface area contributed by atoms with Crippen molar-refractivity contribution < 1.29 is 14.3 Å². The average Bonchev–Trinajstić information content (AvgIpc) is 2.44. The number of amides is 1. The van der Waals surface area contributed by atoms with E-state index >= 15 is 0 Å². The zero-order valence-corrected chi connectivity index (χ0v) is 12.1. The summed E-state index contributed by atoms with van der Waals surface area (Å²) in [7, 11) is 0. The fraction of sp³-hybridized carbons (Fsp3) is 0.375. The maximum absolute atomic E-state index is 11.8. The van der Waals surface area contributed by atoms with Gasteiger partial charge in [-0.25, -0.2) is 4.79 Å². The van der Waals surface area contributed by atoms with Gasteiger partial charge in [-0.3, -0.25) is 4.79 Å². The second-order valence-corrected chi connectivity index (χ2v) is 4.52. The van der Waals surface area contributed by atoms with Crippen LogP contribution in [0.3, 0.4) is 0 Å². The third-order valence-corrected chi connectivity index (χ3v) is 2.77. The first-order chi connectivity index (χ1) is 9.58. The van der Waals surface area contributed by atoms with E-state index in [1.165, 1.54) is 6.92 Å². The monoisotopic (exact) mass is 275 g/mol. The standard InChI is InChI=1S/C16H21NO3/c1-4-9-17(13(3)18)12-14-7-6-8-15(11-14)16(19)20-10-5-2/h4,6-8,11H,1,5,9-10,12H2,2-3H3. The van der Waals surface area contributed by atoms with Gasteiger partial charge in [-0.15, -0.1) is 6.58 Å². The fourth-order valence-electron chi connectivity index (χ4n) is 1.76. The Labute approximate surface area is 120 Å². The molecular formula is C16H21NO3. The van der Waals surface area contributed by atoms with Crippen molar-refractivity contribution >= 4 is 11.9 Å². The van der Waals surface area contributed by atoms with Crippen molar-refractivity contribution in [2.45, 2.75) is 26.8 Å². The summed E-state index contributed by atoms with van der Waals surface area (Å²) < 4.78 is 5.10. The van der Waals surface area contributed by atoms with E-state index in [2.05, 4.69) is 6.58 Å². The minimum atomic E-state index is -0.327. The molecule has 0 bridgehead atoms. The predicted octanol–water partition coefficient (Wildman–Crippen LogP) is 2.79. The Balaban J connectivity index is 2.79.